The van der Waals surface area contributed by atoms with E-state index in [2.05, 4.69) is 10.1 Å². The Morgan fingerprint density at radius 3 is 2.43 bits per heavy atom. The zero-order valence-corrected chi connectivity index (χ0v) is 17.5. The van der Waals surface area contributed by atoms with Gasteiger partial charge in [0.2, 0.25) is 15.9 Å². The highest BCUT2D eigenvalue weighted by Gasteiger charge is 2.22. The number of methoxy groups -OCH3 is 1. The number of ether oxygens (including phenoxy) is 1. The fourth-order valence-corrected chi connectivity index (χ4v) is 4.09. The topological polar surface area (TPSA) is 115 Å². The van der Waals surface area contributed by atoms with Gasteiger partial charge >= 0.3 is 5.97 Å². The maximum absolute atomic E-state index is 12.6. The van der Waals surface area contributed by atoms with Crippen molar-refractivity contribution >= 4 is 21.9 Å². The van der Waals surface area contributed by atoms with Crippen LogP contribution in [0.1, 0.15) is 39.5 Å². The monoisotopic (exact) mass is 415 g/mol. The van der Waals surface area contributed by atoms with Gasteiger partial charge in [-0.05, 0) is 18.9 Å². The van der Waals surface area contributed by atoms with E-state index >= 15 is 0 Å². The van der Waals surface area contributed by atoms with E-state index in [4.69, 9.17) is 0 Å². The number of hydrogen-bond donors (Lipinski definition) is 1. The minimum Gasteiger partial charge on any atom is -0.469 e. The molecule has 9 nitrogen and oxygen atoms in total. The van der Waals surface area contributed by atoms with Crippen molar-refractivity contribution in [2.24, 2.45) is 0 Å². The van der Waals surface area contributed by atoms with Gasteiger partial charge in [0.15, 0.2) is 0 Å². The van der Waals surface area contributed by atoms with Crippen LogP contribution in [-0.2, 0) is 30.9 Å². The van der Waals surface area contributed by atoms with Crippen LogP contribution >= 0.6 is 0 Å². The number of unbranched alkanes of at least 4 members (excludes halogenated alkanes) is 2. The van der Waals surface area contributed by atoms with E-state index in [0.29, 0.717) is 38.9 Å². The number of sulfonamides is 1. The Hall–Kier alpha value is -2.20. The Morgan fingerprint density at radius 2 is 1.82 bits per heavy atom. The molecule has 0 saturated carbocycles. The number of carbonyl (C=O) groups is 2. The molecule has 0 spiro atoms. The van der Waals surface area contributed by atoms with Crippen molar-refractivity contribution < 1.29 is 22.7 Å². The summed E-state index contributed by atoms with van der Waals surface area (Å²) < 4.78 is 32.0. The van der Waals surface area contributed by atoms with Crippen LogP contribution in [0.15, 0.2) is 28.0 Å². The summed E-state index contributed by atoms with van der Waals surface area (Å²) in [5, 5.41) is 2.69. The second kappa shape index (κ2) is 11.6. The summed E-state index contributed by atoms with van der Waals surface area (Å²) in [5.41, 5.74) is -0.452. The number of esters is 1. The maximum atomic E-state index is 12.6. The molecule has 10 heteroatoms. The Kier molecular flexibility index (Phi) is 9.88. The standard InChI is InChI=1S/C18H29N3O6S/c1-4-21(5-2)28(25,26)15-10-11-17(23)20(13-15)14-16(22)19-12-8-6-7-9-18(24)27-3/h10-11,13H,4-9,12,14H2,1-3H3,(H,19,22). The molecule has 0 unspecified atom stereocenters. The lowest BCUT2D eigenvalue weighted by Crippen LogP contribution is -2.34. The molecule has 0 fully saturated rings. The number of hydrogen-bond acceptors (Lipinski definition) is 6. The van der Waals surface area contributed by atoms with Gasteiger partial charge in [-0.1, -0.05) is 20.3 Å². The molecule has 0 aliphatic rings. The number of nitrogens with zero attached hydrogens (tertiary/aromatic N) is 2. The summed E-state index contributed by atoms with van der Waals surface area (Å²) in [7, 11) is -2.37. The minimum atomic E-state index is -3.71. The van der Waals surface area contributed by atoms with Crippen molar-refractivity contribution in [3.05, 3.63) is 28.7 Å². The van der Waals surface area contributed by atoms with Crippen LogP contribution in [0.4, 0.5) is 0 Å². The molecule has 0 saturated heterocycles. The number of rotatable bonds is 12. The van der Waals surface area contributed by atoms with Crippen LogP contribution < -0.4 is 10.9 Å². The molecule has 0 aliphatic heterocycles. The first-order chi connectivity index (χ1) is 13.3. The Morgan fingerprint density at radius 1 is 1.14 bits per heavy atom. The van der Waals surface area contributed by atoms with E-state index in [9.17, 15) is 22.8 Å². The first kappa shape index (κ1) is 23.8. The van der Waals surface area contributed by atoms with Gasteiger partial charge in [0.05, 0.1) is 12.0 Å². The summed E-state index contributed by atoms with van der Waals surface area (Å²) in [6, 6.07) is 2.40. The average Bonchev–Trinajstić information content (AvgIpc) is 2.66. The fraction of sp³-hybridized carbons (Fsp3) is 0.611. The summed E-state index contributed by atoms with van der Waals surface area (Å²) in [4.78, 5) is 35.0. The van der Waals surface area contributed by atoms with Gasteiger partial charge in [0.25, 0.3) is 5.56 Å². The number of amides is 1. The lowest BCUT2D eigenvalue weighted by molar-refractivity contribution is -0.140. The molecular formula is C18H29N3O6S. The van der Waals surface area contributed by atoms with Crippen LogP contribution in [-0.4, -0.2) is 55.9 Å². The number of nitrogens with one attached hydrogen (secondary N) is 1. The Labute approximate surface area is 165 Å². The van der Waals surface area contributed by atoms with Crippen molar-refractivity contribution in [2.75, 3.05) is 26.7 Å². The van der Waals surface area contributed by atoms with Gasteiger partial charge in [-0.15, -0.1) is 0 Å². The highest BCUT2D eigenvalue weighted by molar-refractivity contribution is 7.89. The molecule has 0 atom stereocenters. The largest absolute Gasteiger partial charge is 0.469 e. The molecule has 1 rings (SSSR count). The molecule has 1 heterocycles. The second-order valence-electron chi connectivity index (χ2n) is 6.16. The third kappa shape index (κ3) is 7.08. The van der Waals surface area contributed by atoms with Gasteiger partial charge in [-0.2, -0.15) is 4.31 Å². The van der Waals surface area contributed by atoms with Gasteiger partial charge in [-0.3, -0.25) is 14.4 Å². The summed E-state index contributed by atoms with van der Waals surface area (Å²) in [5.74, 6) is -0.643. The molecule has 0 aromatic carbocycles. The van der Waals surface area contributed by atoms with Gasteiger partial charge < -0.3 is 14.6 Å². The average molecular weight is 416 g/mol. The number of aromatic nitrogens is 1. The quantitative estimate of drug-likeness (QED) is 0.398. The van der Waals surface area contributed by atoms with E-state index in [-0.39, 0.29) is 23.3 Å². The zero-order chi connectivity index (χ0) is 21.2. The first-order valence-electron chi connectivity index (χ1n) is 9.30. The second-order valence-corrected chi connectivity index (χ2v) is 8.09. The molecule has 1 N–H and O–H groups in total. The fourth-order valence-electron chi connectivity index (χ4n) is 2.61. The molecule has 1 aromatic rings. The third-order valence-corrected chi connectivity index (χ3v) is 6.25. The molecule has 0 bridgehead atoms. The molecule has 1 aromatic heterocycles. The molecule has 28 heavy (non-hydrogen) atoms. The number of carbonyl (C=O) groups excluding carboxylic acids is 2. The SMILES string of the molecule is CCN(CC)S(=O)(=O)c1ccc(=O)n(CC(=O)NCCCCCC(=O)OC)c1. The lowest BCUT2D eigenvalue weighted by Gasteiger charge is -2.19. The molecule has 0 aliphatic carbocycles. The van der Waals surface area contributed by atoms with Crippen LogP contribution in [0.25, 0.3) is 0 Å². The lowest BCUT2D eigenvalue weighted by atomic mass is 10.2. The summed E-state index contributed by atoms with van der Waals surface area (Å²) in [6.07, 6.45) is 3.66. The predicted molar refractivity (Wildman–Crippen MR) is 104 cm³/mol. The van der Waals surface area contributed by atoms with E-state index in [1.165, 1.54) is 23.7 Å². The van der Waals surface area contributed by atoms with Crippen molar-refractivity contribution in [1.29, 1.82) is 0 Å². The maximum Gasteiger partial charge on any atom is 0.305 e. The van der Waals surface area contributed by atoms with Crippen molar-refractivity contribution in [2.45, 2.75) is 51.0 Å². The summed E-state index contributed by atoms with van der Waals surface area (Å²) in [6.45, 7) is 4.24. The highest BCUT2D eigenvalue weighted by atomic mass is 32.2. The van der Waals surface area contributed by atoms with Crippen LogP contribution in [0.3, 0.4) is 0 Å². The highest BCUT2D eigenvalue weighted by Crippen LogP contribution is 2.13. The van der Waals surface area contributed by atoms with Gasteiger partial charge in [-0.25, -0.2) is 8.42 Å². The van der Waals surface area contributed by atoms with Gasteiger partial charge in [0.1, 0.15) is 6.54 Å². The van der Waals surface area contributed by atoms with Crippen molar-refractivity contribution in [1.82, 2.24) is 14.2 Å². The zero-order valence-electron chi connectivity index (χ0n) is 16.6. The normalized spacial score (nSPS) is 11.4. The molecule has 158 valence electrons. The predicted octanol–water partition coefficient (Wildman–Crippen LogP) is 0.728. The molecule has 1 amide bonds. The first-order valence-corrected chi connectivity index (χ1v) is 10.7. The van der Waals surface area contributed by atoms with Crippen LogP contribution in [0.5, 0.6) is 0 Å². The third-order valence-electron chi connectivity index (χ3n) is 4.22. The van der Waals surface area contributed by atoms with E-state index in [1.54, 1.807) is 13.8 Å². The smallest absolute Gasteiger partial charge is 0.305 e. The Balaban J connectivity index is 2.63. The van der Waals surface area contributed by atoms with Crippen molar-refractivity contribution in [3.8, 4) is 0 Å². The van der Waals surface area contributed by atoms with Gasteiger partial charge in [0, 0.05) is 38.3 Å². The molecule has 0 radical (unpaired) electrons. The Bertz CT molecular complexity index is 815. The van der Waals surface area contributed by atoms with E-state index < -0.39 is 15.6 Å². The van der Waals surface area contributed by atoms with E-state index in [1.807, 2.05) is 0 Å². The van der Waals surface area contributed by atoms with Crippen molar-refractivity contribution in [3.63, 3.8) is 0 Å². The van der Waals surface area contributed by atoms with Crippen LogP contribution in [0.2, 0.25) is 0 Å². The van der Waals surface area contributed by atoms with Crippen LogP contribution in [0, 0.1) is 0 Å². The number of pyridine rings is 1. The summed E-state index contributed by atoms with van der Waals surface area (Å²) >= 11 is 0. The molecular weight excluding hydrogens is 386 g/mol. The minimum absolute atomic E-state index is 0.0218. The van der Waals surface area contributed by atoms with E-state index in [0.717, 1.165) is 17.1 Å².